The van der Waals surface area contributed by atoms with Crippen LogP contribution in [0.4, 0.5) is 10.5 Å². The fourth-order valence-corrected chi connectivity index (χ4v) is 2.83. The van der Waals surface area contributed by atoms with E-state index in [1.807, 2.05) is 19.1 Å². The number of likely N-dealkylation sites (tertiary alicyclic amines) is 1. The number of ether oxygens (including phenoxy) is 1. The van der Waals surface area contributed by atoms with E-state index in [0.29, 0.717) is 31.7 Å². The van der Waals surface area contributed by atoms with Crippen LogP contribution in [0.15, 0.2) is 23.3 Å². The van der Waals surface area contributed by atoms with Crippen molar-refractivity contribution in [3.8, 4) is 0 Å². The summed E-state index contributed by atoms with van der Waals surface area (Å²) in [4.78, 5) is 28.6. The lowest BCUT2D eigenvalue weighted by molar-refractivity contribution is -0.128. The van der Waals surface area contributed by atoms with Gasteiger partial charge in [-0.2, -0.15) is 0 Å². The fourth-order valence-electron chi connectivity index (χ4n) is 2.83. The maximum absolute atomic E-state index is 12.2. The molecule has 1 heterocycles. The largest absolute Gasteiger partial charge is 0.444 e. The van der Waals surface area contributed by atoms with Gasteiger partial charge in [-0.05, 0) is 62.4 Å². The molecule has 8 heteroatoms. The number of rotatable bonds is 5. The Hall–Kier alpha value is -2.73. The van der Waals surface area contributed by atoms with Crippen LogP contribution in [-0.4, -0.2) is 35.6 Å². The molecule has 0 aliphatic carbocycles. The molecular formula is C18H25N5O3. The molecule has 1 saturated heterocycles. The van der Waals surface area contributed by atoms with Gasteiger partial charge in [0, 0.05) is 36.7 Å². The predicted molar refractivity (Wildman–Crippen MR) is 98.6 cm³/mol. The third-order valence-corrected chi connectivity index (χ3v) is 4.05. The van der Waals surface area contributed by atoms with Crippen LogP contribution in [0.2, 0.25) is 0 Å². The molecule has 1 aromatic rings. The van der Waals surface area contributed by atoms with Crippen molar-refractivity contribution in [1.29, 1.82) is 0 Å². The predicted octanol–water partition coefficient (Wildman–Crippen LogP) is 4.00. The molecule has 0 saturated carbocycles. The average Bonchev–Trinajstić information content (AvgIpc) is 2.86. The molecule has 0 bridgehead atoms. The first-order valence-electron chi connectivity index (χ1n) is 8.56. The van der Waals surface area contributed by atoms with E-state index in [4.69, 9.17) is 10.3 Å². The highest BCUT2D eigenvalue weighted by atomic mass is 16.6. The Morgan fingerprint density at radius 1 is 1.46 bits per heavy atom. The zero-order chi connectivity index (χ0) is 19.3. The molecule has 1 fully saturated rings. The van der Waals surface area contributed by atoms with E-state index in [0.717, 1.165) is 11.1 Å². The Morgan fingerprint density at radius 3 is 2.85 bits per heavy atom. The van der Waals surface area contributed by atoms with E-state index in [1.54, 1.807) is 31.7 Å². The smallest absolute Gasteiger partial charge is 0.412 e. The number of carbonyl (C=O) groups excluding carboxylic acids is 2. The van der Waals surface area contributed by atoms with E-state index < -0.39 is 11.7 Å². The monoisotopic (exact) mass is 359 g/mol. The van der Waals surface area contributed by atoms with Crippen molar-refractivity contribution in [2.45, 2.75) is 46.3 Å². The van der Waals surface area contributed by atoms with Gasteiger partial charge in [-0.15, -0.1) is 0 Å². The summed E-state index contributed by atoms with van der Waals surface area (Å²) >= 11 is 0. The van der Waals surface area contributed by atoms with Gasteiger partial charge in [0.05, 0.1) is 0 Å². The zero-order valence-electron chi connectivity index (χ0n) is 15.7. The van der Waals surface area contributed by atoms with E-state index in [-0.39, 0.29) is 11.8 Å². The molecule has 0 spiro atoms. The van der Waals surface area contributed by atoms with Crippen molar-refractivity contribution in [3.63, 3.8) is 0 Å². The minimum Gasteiger partial charge on any atom is -0.444 e. The molecule has 2 rings (SSSR count). The number of benzene rings is 1. The first kappa shape index (κ1) is 19.6. The Balaban J connectivity index is 2.04. The van der Waals surface area contributed by atoms with Gasteiger partial charge in [0.2, 0.25) is 5.91 Å². The molecule has 8 nitrogen and oxygen atoms in total. The minimum absolute atomic E-state index is 0.0491. The van der Waals surface area contributed by atoms with Gasteiger partial charge in [-0.3, -0.25) is 10.1 Å². The summed E-state index contributed by atoms with van der Waals surface area (Å²) < 4.78 is 5.26. The molecule has 1 unspecified atom stereocenters. The summed E-state index contributed by atoms with van der Waals surface area (Å²) in [7, 11) is 0. The number of hydrogen-bond donors (Lipinski definition) is 1. The average molecular weight is 359 g/mol. The second-order valence-electron chi connectivity index (χ2n) is 7.53. The summed E-state index contributed by atoms with van der Waals surface area (Å²) in [5, 5.41) is 6.28. The number of carbonyl (C=O) groups is 2. The third-order valence-electron chi connectivity index (χ3n) is 4.05. The van der Waals surface area contributed by atoms with Gasteiger partial charge in [0.15, 0.2) is 0 Å². The van der Waals surface area contributed by atoms with Gasteiger partial charge in [-0.1, -0.05) is 11.2 Å². The van der Waals surface area contributed by atoms with Crippen LogP contribution >= 0.6 is 0 Å². The number of anilines is 1. The quantitative estimate of drug-likeness (QED) is 0.487. The Kier molecular flexibility index (Phi) is 6.10. The molecule has 1 aromatic carbocycles. The summed E-state index contributed by atoms with van der Waals surface area (Å²) in [5.74, 6) is 0.106. The minimum atomic E-state index is -0.569. The van der Waals surface area contributed by atoms with E-state index in [2.05, 4.69) is 15.3 Å². The van der Waals surface area contributed by atoms with Gasteiger partial charge in [0.25, 0.3) is 0 Å². The highest BCUT2D eigenvalue weighted by Crippen LogP contribution is 2.24. The summed E-state index contributed by atoms with van der Waals surface area (Å²) in [6, 6.07) is 5.56. The lowest BCUT2D eigenvalue weighted by Gasteiger charge is -2.21. The van der Waals surface area contributed by atoms with Crippen LogP contribution in [-0.2, 0) is 16.1 Å². The van der Waals surface area contributed by atoms with Crippen molar-refractivity contribution in [2.24, 2.45) is 11.0 Å². The molecule has 1 N–H and O–H groups in total. The fraction of sp³-hybridized carbons (Fsp3) is 0.556. The third kappa shape index (κ3) is 5.67. The van der Waals surface area contributed by atoms with E-state index >= 15 is 0 Å². The summed E-state index contributed by atoms with van der Waals surface area (Å²) in [6.45, 7) is 8.74. The van der Waals surface area contributed by atoms with Crippen molar-refractivity contribution in [2.75, 3.05) is 18.4 Å². The molecule has 1 aliphatic heterocycles. The maximum Gasteiger partial charge on any atom is 0.412 e. The molecule has 140 valence electrons. The number of aryl methyl sites for hydroxylation is 1. The zero-order valence-corrected chi connectivity index (χ0v) is 15.7. The van der Waals surface area contributed by atoms with Crippen LogP contribution in [0.25, 0.3) is 10.4 Å². The lowest BCUT2D eigenvalue weighted by atomic mass is 10.1. The highest BCUT2D eigenvalue weighted by molar-refractivity contribution is 5.85. The Labute approximate surface area is 153 Å². The van der Waals surface area contributed by atoms with Crippen LogP contribution in [0.3, 0.4) is 0 Å². The van der Waals surface area contributed by atoms with Crippen LogP contribution in [0.5, 0.6) is 0 Å². The number of amides is 2. The first-order chi connectivity index (χ1) is 12.2. The van der Waals surface area contributed by atoms with Crippen molar-refractivity contribution in [1.82, 2.24) is 4.90 Å². The van der Waals surface area contributed by atoms with Crippen molar-refractivity contribution >= 4 is 17.7 Å². The van der Waals surface area contributed by atoms with Gasteiger partial charge in [-0.25, -0.2) is 4.79 Å². The standard InChI is InChI=1S/C18H25N5O3/c1-12-5-6-15(21-17(25)26-18(2,3)4)8-14(12)11-23-10-13(7-16(23)24)9-20-22-19/h5-6,8,13H,7,9-11H2,1-4H3,(H,21,25). The molecule has 0 aromatic heterocycles. The highest BCUT2D eigenvalue weighted by Gasteiger charge is 2.29. The second kappa shape index (κ2) is 8.10. The molecule has 0 radical (unpaired) electrons. The summed E-state index contributed by atoms with van der Waals surface area (Å²) in [5.41, 5.74) is 10.5. The number of nitrogens with zero attached hydrogens (tertiary/aromatic N) is 4. The number of nitrogens with one attached hydrogen (secondary N) is 1. The second-order valence-corrected chi connectivity index (χ2v) is 7.53. The van der Waals surface area contributed by atoms with Gasteiger partial charge in [0.1, 0.15) is 5.60 Å². The summed E-state index contributed by atoms with van der Waals surface area (Å²) in [6.07, 6.45) is -0.118. The van der Waals surface area contributed by atoms with E-state index in [9.17, 15) is 9.59 Å². The maximum atomic E-state index is 12.2. The van der Waals surface area contributed by atoms with Crippen LogP contribution in [0.1, 0.15) is 38.3 Å². The van der Waals surface area contributed by atoms with Gasteiger partial charge >= 0.3 is 6.09 Å². The van der Waals surface area contributed by atoms with Crippen LogP contribution in [0, 0.1) is 12.8 Å². The molecule has 26 heavy (non-hydrogen) atoms. The molecule has 1 aliphatic rings. The topological polar surface area (TPSA) is 107 Å². The van der Waals surface area contributed by atoms with Crippen molar-refractivity contribution < 1.29 is 14.3 Å². The first-order valence-corrected chi connectivity index (χ1v) is 8.56. The Bertz CT molecular complexity index is 735. The van der Waals surface area contributed by atoms with E-state index in [1.165, 1.54) is 0 Å². The SMILES string of the molecule is Cc1ccc(NC(=O)OC(C)(C)C)cc1CN1CC(CN=[N+]=[N-])CC1=O. The number of azide groups is 1. The Morgan fingerprint density at radius 2 is 2.19 bits per heavy atom. The molecule has 2 amide bonds. The normalized spacial score (nSPS) is 17.0. The molecular weight excluding hydrogens is 334 g/mol. The lowest BCUT2D eigenvalue weighted by Crippen LogP contribution is -2.27. The van der Waals surface area contributed by atoms with Crippen molar-refractivity contribution in [3.05, 3.63) is 39.8 Å². The molecule has 1 atom stereocenters. The number of hydrogen-bond acceptors (Lipinski definition) is 4. The van der Waals surface area contributed by atoms with Gasteiger partial charge < -0.3 is 9.64 Å². The van der Waals surface area contributed by atoms with Crippen LogP contribution < -0.4 is 5.32 Å².